The van der Waals surface area contributed by atoms with Crippen LogP contribution in [0.2, 0.25) is 0 Å². The maximum Gasteiger partial charge on any atom is 0.338 e. The number of methoxy groups -OCH3 is 1. The first-order valence-corrected chi connectivity index (χ1v) is 11.8. The average molecular weight is 478 g/mol. The number of rotatable bonds is 6. The second kappa shape index (κ2) is 9.69. The van der Waals surface area contributed by atoms with Gasteiger partial charge in [-0.15, -0.1) is 0 Å². The monoisotopic (exact) mass is 477 g/mol. The highest BCUT2D eigenvalue weighted by Crippen LogP contribution is 2.31. The van der Waals surface area contributed by atoms with Gasteiger partial charge in [0.2, 0.25) is 0 Å². The van der Waals surface area contributed by atoms with Crippen LogP contribution in [0.25, 0.3) is 6.08 Å². The number of anilines is 1. The number of para-hydroxylation sites is 1. The van der Waals surface area contributed by atoms with Crippen LogP contribution in [0.15, 0.2) is 69.6 Å². The van der Waals surface area contributed by atoms with Crippen molar-refractivity contribution in [3.05, 3.63) is 90.6 Å². The molecule has 0 N–H and O–H groups in total. The van der Waals surface area contributed by atoms with E-state index < -0.39 is 12.0 Å². The lowest BCUT2D eigenvalue weighted by atomic mass is 9.95. The number of allylic oxidation sites excluding steroid dienone is 1. The number of esters is 1. The lowest BCUT2D eigenvalue weighted by Crippen LogP contribution is -2.39. The number of fused-ring (bicyclic) bond motifs is 1. The smallest absolute Gasteiger partial charge is 0.338 e. The fourth-order valence-corrected chi connectivity index (χ4v) is 5.03. The normalized spacial score (nSPS) is 15.6. The van der Waals surface area contributed by atoms with Gasteiger partial charge in [-0.05, 0) is 43.7 Å². The molecule has 0 saturated heterocycles. The van der Waals surface area contributed by atoms with E-state index in [1.165, 1.54) is 11.3 Å². The number of ether oxygens (including phenoxy) is 2. The van der Waals surface area contributed by atoms with Crippen LogP contribution in [0.5, 0.6) is 5.75 Å². The summed E-state index contributed by atoms with van der Waals surface area (Å²) in [6, 6.07) is 14.7. The third kappa shape index (κ3) is 4.28. The van der Waals surface area contributed by atoms with Gasteiger partial charge >= 0.3 is 5.97 Å². The molecule has 0 aliphatic carbocycles. The summed E-state index contributed by atoms with van der Waals surface area (Å²) in [5.74, 6) is 0.206. The molecule has 176 valence electrons. The molecule has 1 aliphatic heterocycles. The molecule has 1 aromatic heterocycles. The van der Waals surface area contributed by atoms with E-state index in [9.17, 15) is 9.59 Å². The van der Waals surface area contributed by atoms with Crippen LogP contribution < -0.4 is 24.5 Å². The molecule has 1 aliphatic rings. The number of hydrogen-bond acceptors (Lipinski definition) is 7. The minimum Gasteiger partial charge on any atom is -0.496 e. The van der Waals surface area contributed by atoms with Crippen LogP contribution in [-0.4, -0.2) is 38.3 Å². The number of carbonyl (C=O) groups excluding carboxylic acids is 1. The molecule has 4 rings (SSSR count). The highest BCUT2D eigenvalue weighted by molar-refractivity contribution is 7.07. The van der Waals surface area contributed by atoms with Crippen molar-refractivity contribution in [3.8, 4) is 5.75 Å². The minimum absolute atomic E-state index is 0.217. The minimum atomic E-state index is -0.633. The molecule has 3 aromatic rings. The van der Waals surface area contributed by atoms with E-state index in [2.05, 4.69) is 4.99 Å². The van der Waals surface area contributed by atoms with Gasteiger partial charge in [0.1, 0.15) is 5.75 Å². The van der Waals surface area contributed by atoms with Gasteiger partial charge in [-0.1, -0.05) is 41.7 Å². The Morgan fingerprint density at radius 2 is 1.88 bits per heavy atom. The molecule has 34 heavy (non-hydrogen) atoms. The third-order valence-corrected chi connectivity index (χ3v) is 6.65. The van der Waals surface area contributed by atoms with Crippen LogP contribution in [-0.2, 0) is 9.53 Å². The van der Waals surface area contributed by atoms with E-state index in [0.29, 0.717) is 26.4 Å². The van der Waals surface area contributed by atoms with E-state index in [1.807, 2.05) is 67.5 Å². The van der Waals surface area contributed by atoms with Gasteiger partial charge in [0.05, 0.1) is 35.6 Å². The topological polar surface area (TPSA) is 73.1 Å². The maximum atomic E-state index is 13.7. The predicted octanol–water partition coefficient (Wildman–Crippen LogP) is 2.87. The molecule has 2 aromatic carbocycles. The van der Waals surface area contributed by atoms with Gasteiger partial charge in [0.15, 0.2) is 4.80 Å². The van der Waals surface area contributed by atoms with Crippen LogP contribution in [0, 0.1) is 0 Å². The summed E-state index contributed by atoms with van der Waals surface area (Å²) in [6.07, 6.45) is 1.80. The largest absolute Gasteiger partial charge is 0.496 e. The number of thiazole rings is 1. The van der Waals surface area contributed by atoms with Crippen molar-refractivity contribution >= 4 is 29.1 Å². The lowest BCUT2D eigenvalue weighted by Gasteiger charge is -2.25. The molecular weight excluding hydrogens is 450 g/mol. The van der Waals surface area contributed by atoms with Crippen LogP contribution in [0.4, 0.5) is 5.69 Å². The molecule has 0 radical (unpaired) electrons. The molecule has 1 atom stereocenters. The summed E-state index contributed by atoms with van der Waals surface area (Å²) >= 11 is 1.29. The molecule has 1 unspecified atom stereocenters. The summed E-state index contributed by atoms with van der Waals surface area (Å²) in [5.41, 5.74) is 3.33. The molecule has 0 bridgehead atoms. The first-order chi connectivity index (χ1) is 16.3. The average Bonchev–Trinajstić information content (AvgIpc) is 3.13. The Labute approximate surface area is 201 Å². The van der Waals surface area contributed by atoms with Gasteiger partial charge in [0, 0.05) is 25.3 Å². The highest BCUT2D eigenvalue weighted by Gasteiger charge is 2.33. The van der Waals surface area contributed by atoms with Gasteiger partial charge in [-0.2, -0.15) is 0 Å². The molecule has 0 fully saturated rings. The highest BCUT2D eigenvalue weighted by atomic mass is 32.1. The zero-order valence-electron chi connectivity index (χ0n) is 19.9. The summed E-state index contributed by atoms with van der Waals surface area (Å²) in [5, 5.41) is 0. The Morgan fingerprint density at radius 3 is 2.53 bits per heavy atom. The third-order valence-electron chi connectivity index (χ3n) is 5.67. The standard InChI is InChI=1S/C26H27N3O4S/c1-6-33-25(31)22-16(2)27-26-29(23(22)17-11-13-19(14-12-17)28(3)4)24(30)21(34-26)15-18-9-7-8-10-20(18)32-5/h7-15,23H,6H2,1-5H3. The van der Waals surface area contributed by atoms with Gasteiger partial charge in [0.25, 0.3) is 5.56 Å². The number of nitrogens with zero attached hydrogens (tertiary/aromatic N) is 3. The second-order valence-corrected chi connectivity index (χ2v) is 9.04. The van der Waals surface area contributed by atoms with E-state index in [0.717, 1.165) is 16.8 Å². The number of benzene rings is 2. The van der Waals surface area contributed by atoms with Crippen LogP contribution >= 0.6 is 11.3 Å². The molecule has 8 heteroatoms. The first-order valence-electron chi connectivity index (χ1n) is 11.0. The van der Waals surface area contributed by atoms with Crippen molar-refractivity contribution in [3.63, 3.8) is 0 Å². The summed E-state index contributed by atoms with van der Waals surface area (Å²) in [4.78, 5) is 33.8. The van der Waals surface area contributed by atoms with Gasteiger partial charge < -0.3 is 14.4 Å². The van der Waals surface area contributed by atoms with Gasteiger partial charge in [-0.3, -0.25) is 9.36 Å². The Balaban J connectivity index is 1.95. The molecule has 0 saturated carbocycles. The number of carbonyl (C=O) groups is 1. The Hall–Kier alpha value is -3.65. The fraction of sp³-hybridized carbons (Fsp3) is 0.269. The van der Waals surface area contributed by atoms with Crippen molar-refractivity contribution in [1.82, 2.24) is 4.57 Å². The summed E-state index contributed by atoms with van der Waals surface area (Å²) < 4.78 is 12.9. The predicted molar refractivity (Wildman–Crippen MR) is 134 cm³/mol. The second-order valence-electron chi connectivity index (χ2n) is 8.03. The van der Waals surface area contributed by atoms with Crippen LogP contribution in [0.3, 0.4) is 0 Å². The van der Waals surface area contributed by atoms with Crippen LogP contribution in [0.1, 0.15) is 31.0 Å². The number of aromatic nitrogens is 1. The first kappa shape index (κ1) is 23.5. The van der Waals surface area contributed by atoms with Gasteiger partial charge in [-0.25, -0.2) is 9.79 Å². The molecule has 0 spiro atoms. The summed E-state index contributed by atoms with van der Waals surface area (Å²) in [6.45, 7) is 3.78. The van der Waals surface area contributed by atoms with E-state index in [1.54, 1.807) is 31.6 Å². The Kier molecular flexibility index (Phi) is 6.70. The van der Waals surface area contributed by atoms with E-state index in [4.69, 9.17) is 9.47 Å². The van der Waals surface area contributed by atoms with Crippen molar-refractivity contribution < 1.29 is 14.3 Å². The SMILES string of the molecule is CCOC(=O)C1=C(C)N=c2sc(=Cc3ccccc3OC)c(=O)n2C1c1ccc(N(C)C)cc1. The molecule has 0 amide bonds. The molecule has 7 nitrogen and oxygen atoms in total. The van der Waals surface area contributed by atoms with E-state index >= 15 is 0 Å². The molecular formula is C26H27N3O4S. The quantitative estimate of drug-likeness (QED) is 0.511. The summed E-state index contributed by atoms with van der Waals surface area (Å²) in [7, 11) is 5.52. The zero-order chi connectivity index (χ0) is 24.4. The number of hydrogen-bond donors (Lipinski definition) is 0. The zero-order valence-corrected chi connectivity index (χ0v) is 20.7. The Bertz CT molecular complexity index is 1430. The fourth-order valence-electron chi connectivity index (χ4n) is 3.99. The Morgan fingerprint density at radius 1 is 1.18 bits per heavy atom. The van der Waals surface area contributed by atoms with Crippen molar-refractivity contribution in [2.24, 2.45) is 4.99 Å². The van der Waals surface area contributed by atoms with Crippen molar-refractivity contribution in [2.75, 3.05) is 32.7 Å². The van der Waals surface area contributed by atoms with Crippen molar-refractivity contribution in [1.29, 1.82) is 0 Å². The van der Waals surface area contributed by atoms with Crippen molar-refractivity contribution in [2.45, 2.75) is 19.9 Å². The maximum absolute atomic E-state index is 13.7. The molecule has 2 heterocycles. The van der Waals surface area contributed by atoms with E-state index in [-0.39, 0.29) is 12.2 Å². The lowest BCUT2D eigenvalue weighted by molar-refractivity contribution is -0.139.